The van der Waals surface area contributed by atoms with Gasteiger partial charge in [0.05, 0.1) is 6.10 Å². The fraction of sp³-hybridized carbons (Fsp3) is 0.909. The smallest absolute Gasteiger partial charge is 0.248 e. The number of amides is 1. The Morgan fingerprint density at radius 3 is 2.53 bits per heavy atom. The van der Waals surface area contributed by atoms with Crippen LogP contribution in [0.2, 0.25) is 0 Å². The first kappa shape index (κ1) is 12.5. The van der Waals surface area contributed by atoms with Crippen LogP contribution in [0.25, 0.3) is 0 Å². The Morgan fingerprint density at radius 2 is 2.07 bits per heavy atom. The van der Waals surface area contributed by atoms with Crippen LogP contribution >= 0.6 is 0 Å². The standard InChI is InChI=1S/C11H22N2O2/c1-3-13(4-2)11(14)8-15-10-6-5-9(12)7-10/h9-10H,3-8,12H2,1-2H3. The van der Waals surface area contributed by atoms with Crippen LogP contribution in [0.3, 0.4) is 0 Å². The van der Waals surface area contributed by atoms with Gasteiger partial charge in [0.15, 0.2) is 0 Å². The summed E-state index contributed by atoms with van der Waals surface area (Å²) in [6.07, 6.45) is 3.10. The molecule has 2 N–H and O–H groups in total. The molecule has 1 fully saturated rings. The summed E-state index contributed by atoms with van der Waals surface area (Å²) in [6.45, 7) is 5.67. The normalized spacial score (nSPS) is 25.5. The third-order valence-electron chi connectivity index (χ3n) is 2.98. The quantitative estimate of drug-likeness (QED) is 0.735. The van der Waals surface area contributed by atoms with Crippen molar-refractivity contribution in [3.63, 3.8) is 0 Å². The van der Waals surface area contributed by atoms with Crippen molar-refractivity contribution in [3.8, 4) is 0 Å². The minimum atomic E-state index is 0.0838. The molecule has 0 heterocycles. The number of nitrogens with two attached hydrogens (primary N) is 1. The van der Waals surface area contributed by atoms with Gasteiger partial charge in [0, 0.05) is 19.1 Å². The lowest BCUT2D eigenvalue weighted by molar-refractivity contribution is -0.137. The molecule has 0 aromatic rings. The molecule has 1 aliphatic rings. The number of carbonyl (C=O) groups is 1. The van der Waals surface area contributed by atoms with Crippen LogP contribution < -0.4 is 5.73 Å². The molecule has 1 aliphatic carbocycles. The van der Waals surface area contributed by atoms with Gasteiger partial charge in [-0.25, -0.2) is 0 Å². The van der Waals surface area contributed by atoms with Crippen LogP contribution in [-0.2, 0) is 9.53 Å². The molecule has 15 heavy (non-hydrogen) atoms. The Hall–Kier alpha value is -0.610. The van der Waals surface area contributed by atoms with E-state index in [1.54, 1.807) is 4.90 Å². The maximum absolute atomic E-state index is 11.6. The van der Waals surface area contributed by atoms with Gasteiger partial charge in [-0.1, -0.05) is 0 Å². The van der Waals surface area contributed by atoms with E-state index in [-0.39, 0.29) is 24.7 Å². The summed E-state index contributed by atoms with van der Waals surface area (Å²) in [5, 5.41) is 0. The maximum atomic E-state index is 11.6. The van der Waals surface area contributed by atoms with Gasteiger partial charge >= 0.3 is 0 Å². The zero-order chi connectivity index (χ0) is 11.3. The van der Waals surface area contributed by atoms with Crippen LogP contribution in [0.4, 0.5) is 0 Å². The lowest BCUT2D eigenvalue weighted by Gasteiger charge is -2.20. The third kappa shape index (κ3) is 3.80. The minimum absolute atomic E-state index is 0.0838. The van der Waals surface area contributed by atoms with Gasteiger partial charge in [-0.05, 0) is 33.1 Å². The second-order valence-corrected chi connectivity index (χ2v) is 4.07. The summed E-state index contributed by atoms with van der Waals surface area (Å²) in [7, 11) is 0. The third-order valence-corrected chi connectivity index (χ3v) is 2.98. The molecule has 0 aromatic heterocycles. The Kier molecular flexibility index (Phi) is 5.05. The monoisotopic (exact) mass is 214 g/mol. The predicted octanol–water partition coefficient (Wildman–Crippen LogP) is 0.751. The van der Waals surface area contributed by atoms with Crippen LogP contribution in [0.5, 0.6) is 0 Å². The van der Waals surface area contributed by atoms with E-state index < -0.39 is 0 Å². The van der Waals surface area contributed by atoms with Gasteiger partial charge in [-0.15, -0.1) is 0 Å². The van der Waals surface area contributed by atoms with Gasteiger partial charge in [0.1, 0.15) is 6.61 Å². The number of likely N-dealkylation sites (N-methyl/N-ethyl adjacent to an activating group) is 1. The number of hydrogen-bond acceptors (Lipinski definition) is 3. The number of nitrogens with zero attached hydrogens (tertiary/aromatic N) is 1. The number of hydrogen-bond donors (Lipinski definition) is 1. The van der Waals surface area contributed by atoms with Crippen LogP contribution in [-0.4, -0.2) is 42.6 Å². The number of carbonyl (C=O) groups excluding carboxylic acids is 1. The van der Waals surface area contributed by atoms with Crippen molar-refractivity contribution in [1.29, 1.82) is 0 Å². The largest absolute Gasteiger partial charge is 0.368 e. The van der Waals surface area contributed by atoms with Gasteiger partial charge in [-0.3, -0.25) is 4.79 Å². The van der Waals surface area contributed by atoms with Gasteiger partial charge in [0.25, 0.3) is 0 Å². The number of ether oxygens (including phenoxy) is 1. The molecule has 0 aliphatic heterocycles. The highest BCUT2D eigenvalue weighted by atomic mass is 16.5. The Morgan fingerprint density at radius 1 is 1.40 bits per heavy atom. The molecule has 1 saturated carbocycles. The van der Waals surface area contributed by atoms with Gasteiger partial charge < -0.3 is 15.4 Å². The Labute approximate surface area is 91.8 Å². The molecule has 4 heteroatoms. The molecular formula is C11H22N2O2. The fourth-order valence-electron chi connectivity index (χ4n) is 1.98. The summed E-state index contributed by atoms with van der Waals surface area (Å²) >= 11 is 0. The summed E-state index contributed by atoms with van der Waals surface area (Å²) in [5.74, 6) is 0.0838. The Balaban J connectivity index is 2.21. The van der Waals surface area contributed by atoms with E-state index in [0.29, 0.717) is 0 Å². The van der Waals surface area contributed by atoms with E-state index >= 15 is 0 Å². The highest BCUT2D eigenvalue weighted by molar-refractivity contribution is 5.77. The Bertz CT molecular complexity index is 205. The van der Waals surface area contributed by atoms with Crippen molar-refractivity contribution in [2.75, 3.05) is 19.7 Å². The van der Waals surface area contributed by atoms with E-state index in [2.05, 4.69) is 0 Å². The molecule has 4 nitrogen and oxygen atoms in total. The summed E-state index contributed by atoms with van der Waals surface area (Å²) in [4.78, 5) is 13.4. The van der Waals surface area contributed by atoms with Crippen molar-refractivity contribution in [2.24, 2.45) is 5.73 Å². The molecule has 1 amide bonds. The van der Waals surface area contributed by atoms with E-state index in [9.17, 15) is 4.79 Å². The SMILES string of the molecule is CCN(CC)C(=O)COC1CCC(N)C1. The predicted molar refractivity (Wildman–Crippen MR) is 59.5 cm³/mol. The zero-order valence-electron chi connectivity index (χ0n) is 9.74. The van der Waals surface area contributed by atoms with Gasteiger partial charge in [0.2, 0.25) is 5.91 Å². The molecule has 0 bridgehead atoms. The molecule has 2 unspecified atom stereocenters. The fourth-order valence-corrected chi connectivity index (χ4v) is 1.98. The average Bonchev–Trinajstić information content (AvgIpc) is 2.63. The maximum Gasteiger partial charge on any atom is 0.248 e. The first-order valence-electron chi connectivity index (χ1n) is 5.82. The summed E-state index contributed by atoms with van der Waals surface area (Å²) in [6, 6.07) is 0.263. The van der Waals surface area contributed by atoms with E-state index in [0.717, 1.165) is 32.4 Å². The second kappa shape index (κ2) is 6.08. The van der Waals surface area contributed by atoms with Crippen LogP contribution in [0, 0.1) is 0 Å². The zero-order valence-corrected chi connectivity index (χ0v) is 9.74. The highest BCUT2D eigenvalue weighted by Gasteiger charge is 2.23. The molecular weight excluding hydrogens is 192 g/mol. The van der Waals surface area contributed by atoms with Crippen LogP contribution in [0.1, 0.15) is 33.1 Å². The van der Waals surface area contributed by atoms with Gasteiger partial charge in [-0.2, -0.15) is 0 Å². The van der Waals surface area contributed by atoms with Crippen molar-refractivity contribution >= 4 is 5.91 Å². The minimum Gasteiger partial charge on any atom is -0.368 e. The molecule has 0 aromatic carbocycles. The van der Waals surface area contributed by atoms with E-state index in [1.165, 1.54) is 0 Å². The van der Waals surface area contributed by atoms with E-state index in [4.69, 9.17) is 10.5 Å². The average molecular weight is 214 g/mol. The topological polar surface area (TPSA) is 55.6 Å². The molecule has 2 atom stereocenters. The first-order chi connectivity index (χ1) is 7.17. The molecule has 1 rings (SSSR count). The first-order valence-corrected chi connectivity index (χ1v) is 5.82. The lowest BCUT2D eigenvalue weighted by atomic mass is 10.3. The highest BCUT2D eigenvalue weighted by Crippen LogP contribution is 2.20. The lowest BCUT2D eigenvalue weighted by Crippen LogP contribution is -2.34. The molecule has 88 valence electrons. The van der Waals surface area contributed by atoms with Crippen LogP contribution in [0.15, 0.2) is 0 Å². The molecule has 0 radical (unpaired) electrons. The molecule has 0 saturated heterocycles. The molecule has 0 spiro atoms. The summed E-state index contributed by atoms with van der Waals surface area (Å²) in [5.41, 5.74) is 5.77. The summed E-state index contributed by atoms with van der Waals surface area (Å²) < 4.78 is 5.55. The van der Waals surface area contributed by atoms with Crippen molar-refractivity contribution in [1.82, 2.24) is 4.90 Å². The van der Waals surface area contributed by atoms with Crippen molar-refractivity contribution in [2.45, 2.75) is 45.3 Å². The van der Waals surface area contributed by atoms with Crippen molar-refractivity contribution < 1.29 is 9.53 Å². The van der Waals surface area contributed by atoms with Crippen molar-refractivity contribution in [3.05, 3.63) is 0 Å². The second-order valence-electron chi connectivity index (χ2n) is 4.07. The van der Waals surface area contributed by atoms with E-state index in [1.807, 2.05) is 13.8 Å². The number of rotatable bonds is 5.